The van der Waals surface area contributed by atoms with Crippen LogP contribution in [0.25, 0.3) is 0 Å². The fourth-order valence-corrected chi connectivity index (χ4v) is 5.63. The topological polar surface area (TPSA) is 17.1 Å². The maximum Gasteiger partial charge on any atom is 0.167 e. The number of Topliss-reactive ketones (excluding diaryl/α,β-unsaturated/α-hetero) is 1. The van der Waals surface area contributed by atoms with Crippen LogP contribution >= 0.6 is 27.5 Å². The molecule has 0 saturated heterocycles. The Morgan fingerprint density at radius 3 is 2.36 bits per heavy atom. The number of halogens is 2. The van der Waals surface area contributed by atoms with Gasteiger partial charge in [-0.05, 0) is 67.7 Å². The predicted molar refractivity (Wildman–Crippen MR) is 107 cm³/mol. The average Bonchev–Trinajstić information content (AvgIpc) is 2.63. The highest BCUT2D eigenvalue weighted by Gasteiger charge is 2.45. The lowest BCUT2D eigenvalue weighted by Gasteiger charge is -2.42. The van der Waals surface area contributed by atoms with Crippen LogP contribution in [0.2, 0.25) is 5.02 Å². The van der Waals surface area contributed by atoms with Crippen molar-refractivity contribution in [1.82, 2.24) is 0 Å². The molecular weight excluding hydrogens is 396 g/mol. The van der Waals surface area contributed by atoms with Crippen LogP contribution in [0.5, 0.6) is 0 Å². The molecule has 3 heteroatoms. The van der Waals surface area contributed by atoms with Crippen molar-refractivity contribution in [3.05, 3.63) is 70.2 Å². The first-order valence-electron chi connectivity index (χ1n) is 9.13. The summed E-state index contributed by atoms with van der Waals surface area (Å²) in [5.74, 6) is 1.02. The van der Waals surface area contributed by atoms with E-state index in [1.165, 1.54) is 11.1 Å². The number of carbonyl (C=O) groups excluding carboxylic acids is 1. The summed E-state index contributed by atoms with van der Waals surface area (Å²) in [7, 11) is 0. The Balaban J connectivity index is 1.49. The van der Waals surface area contributed by atoms with Crippen LogP contribution in [0.4, 0.5) is 0 Å². The molecule has 1 unspecified atom stereocenters. The monoisotopic (exact) mass is 416 g/mol. The summed E-state index contributed by atoms with van der Waals surface area (Å²) >= 11 is 10.0. The summed E-state index contributed by atoms with van der Waals surface area (Å²) in [5, 5.41) is 0.792. The molecule has 2 aliphatic rings. The van der Waals surface area contributed by atoms with Gasteiger partial charge in [-0.2, -0.15) is 0 Å². The fraction of sp³-hybridized carbons (Fsp3) is 0.409. The van der Waals surface area contributed by atoms with Gasteiger partial charge in [-0.25, -0.2) is 0 Å². The minimum Gasteiger partial charge on any atom is -0.294 e. The summed E-state index contributed by atoms with van der Waals surface area (Å²) in [4.78, 5) is 13.1. The lowest BCUT2D eigenvalue weighted by Crippen LogP contribution is -2.42. The van der Waals surface area contributed by atoms with Gasteiger partial charge in [-0.3, -0.25) is 4.79 Å². The van der Waals surface area contributed by atoms with Gasteiger partial charge < -0.3 is 0 Å². The van der Waals surface area contributed by atoms with Crippen molar-refractivity contribution >= 4 is 33.3 Å². The third-order valence-corrected chi connectivity index (χ3v) is 7.68. The van der Waals surface area contributed by atoms with Crippen LogP contribution in [-0.4, -0.2) is 10.1 Å². The molecule has 0 aliphatic heterocycles. The molecule has 25 heavy (non-hydrogen) atoms. The second-order valence-corrected chi connectivity index (χ2v) is 9.49. The van der Waals surface area contributed by atoms with E-state index in [0.717, 1.165) is 49.1 Å². The molecule has 2 aromatic carbocycles. The highest BCUT2D eigenvalue weighted by Crippen LogP contribution is 2.50. The number of hydrogen-bond donors (Lipinski definition) is 0. The zero-order valence-corrected chi connectivity index (χ0v) is 16.5. The van der Waals surface area contributed by atoms with Gasteiger partial charge in [0, 0.05) is 20.8 Å². The third-order valence-electron chi connectivity index (χ3n) is 6.08. The largest absolute Gasteiger partial charge is 0.294 e. The van der Waals surface area contributed by atoms with Gasteiger partial charge in [0.2, 0.25) is 0 Å². The Morgan fingerprint density at radius 1 is 0.960 bits per heavy atom. The quantitative estimate of drug-likeness (QED) is 0.505. The normalized spacial score (nSPS) is 29.3. The molecule has 0 spiro atoms. The summed E-state index contributed by atoms with van der Waals surface area (Å²) in [6.45, 7) is 0. The molecule has 1 atom stereocenters. The van der Waals surface area contributed by atoms with Gasteiger partial charge in [-0.1, -0.05) is 63.9 Å². The molecule has 0 bridgehead atoms. The van der Waals surface area contributed by atoms with Gasteiger partial charge in [0.25, 0.3) is 0 Å². The van der Waals surface area contributed by atoms with Crippen LogP contribution in [0.15, 0.2) is 48.5 Å². The van der Waals surface area contributed by atoms with Gasteiger partial charge in [-0.15, -0.1) is 0 Å². The standard InChI is InChI=1S/C22H22BrClO/c23-22(20-10-7-17-3-1-2-4-19(17)21(20)25)13-11-16(12-14-22)15-5-8-18(24)9-6-15/h1-6,8-9,16,20H,7,10-14H2. The van der Waals surface area contributed by atoms with E-state index in [1.54, 1.807) is 0 Å². The number of benzene rings is 2. The average molecular weight is 418 g/mol. The van der Waals surface area contributed by atoms with Crippen molar-refractivity contribution in [2.75, 3.05) is 0 Å². The minimum absolute atomic E-state index is 0.0411. The van der Waals surface area contributed by atoms with E-state index in [4.69, 9.17) is 11.6 Å². The van der Waals surface area contributed by atoms with Crippen LogP contribution in [0, 0.1) is 5.92 Å². The van der Waals surface area contributed by atoms with E-state index in [9.17, 15) is 4.79 Å². The summed E-state index contributed by atoms with van der Waals surface area (Å²) in [6.07, 6.45) is 6.33. The number of rotatable bonds is 2. The molecule has 4 rings (SSSR count). The fourth-order valence-electron chi connectivity index (χ4n) is 4.61. The van der Waals surface area contributed by atoms with E-state index in [2.05, 4.69) is 34.1 Å². The molecular formula is C22H22BrClO. The molecule has 0 radical (unpaired) electrons. The van der Waals surface area contributed by atoms with Crippen LogP contribution < -0.4 is 0 Å². The van der Waals surface area contributed by atoms with Crippen molar-refractivity contribution in [1.29, 1.82) is 0 Å². The highest BCUT2D eigenvalue weighted by molar-refractivity contribution is 9.10. The van der Waals surface area contributed by atoms with E-state index in [1.807, 2.05) is 30.3 Å². The Labute approximate surface area is 162 Å². The van der Waals surface area contributed by atoms with Gasteiger partial charge in [0.1, 0.15) is 0 Å². The van der Waals surface area contributed by atoms with Crippen molar-refractivity contribution in [3.8, 4) is 0 Å². The lowest BCUT2D eigenvalue weighted by atomic mass is 9.68. The van der Waals surface area contributed by atoms with Crippen molar-refractivity contribution in [3.63, 3.8) is 0 Å². The van der Waals surface area contributed by atoms with Crippen LogP contribution in [0.3, 0.4) is 0 Å². The summed E-state index contributed by atoms with van der Waals surface area (Å²) < 4.78 is -0.0411. The second kappa shape index (κ2) is 6.89. The van der Waals surface area contributed by atoms with Gasteiger partial charge >= 0.3 is 0 Å². The number of aryl methyl sites for hydroxylation is 1. The van der Waals surface area contributed by atoms with E-state index in [0.29, 0.717) is 11.7 Å². The zero-order valence-electron chi connectivity index (χ0n) is 14.2. The molecule has 0 N–H and O–H groups in total. The number of hydrogen-bond acceptors (Lipinski definition) is 1. The van der Waals surface area contributed by atoms with Crippen molar-refractivity contribution < 1.29 is 4.79 Å². The first-order valence-corrected chi connectivity index (χ1v) is 10.3. The van der Waals surface area contributed by atoms with Crippen LogP contribution in [-0.2, 0) is 6.42 Å². The Kier molecular flexibility index (Phi) is 4.77. The smallest absolute Gasteiger partial charge is 0.167 e. The van der Waals surface area contributed by atoms with E-state index >= 15 is 0 Å². The maximum absolute atomic E-state index is 13.1. The van der Waals surface area contributed by atoms with Crippen molar-refractivity contribution in [2.45, 2.75) is 48.8 Å². The molecule has 0 amide bonds. The molecule has 0 heterocycles. The Bertz CT molecular complexity index is 775. The van der Waals surface area contributed by atoms with E-state index in [-0.39, 0.29) is 10.2 Å². The highest BCUT2D eigenvalue weighted by atomic mass is 79.9. The minimum atomic E-state index is -0.0411. The lowest BCUT2D eigenvalue weighted by molar-refractivity contribution is 0.0848. The molecule has 1 saturated carbocycles. The molecule has 2 aliphatic carbocycles. The molecule has 2 aromatic rings. The van der Waals surface area contributed by atoms with E-state index < -0.39 is 0 Å². The van der Waals surface area contributed by atoms with Crippen molar-refractivity contribution in [2.24, 2.45) is 5.92 Å². The Hall–Kier alpha value is -1.12. The number of ketones is 1. The number of alkyl halides is 1. The maximum atomic E-state index is 13.1. The first kappa shape index (κ1) is 17.3. The first-order chi connectivity index (χ1) is 12.1. The third kappa shape index (κ3) is 3.31. The predicted octanol–water partition coefficient (Wildman–Crippen LogP) is 6.58. The number of fused-ring (bicyclic) bond motifs is 1. The molecule has 1 fully saturated rings. The molecule has 1 nitrogen and oxygen atoms in total. The number of carbonyl (C=O) groups is 1. The van der Waals surface area contributed by atoms with Gasteiger partial charge in [0.05, 0.1) is 0 Å². The second-order valence-electron chi connectivity index (χ2n) is 7.47. The Morgan fingerprint density at radius 2 is 1.64 bits per heavy atom. The zero-order chi connectivity index (χ0) is 17.4. The molecule has 130 valence electrons. The van der Waals surface area contributed by atoms with Crippen LogP contribution in [0.1, 0.15) is 59.5 Å². The SMILES string of the molecule is O=C1c2ccccc2CCC1C1(Br)CCC(c2ccc(Cl)cc2)CC1. The molecule has 0 aromatic heterocycles. The van der Waals surface area contributed by atoms with Gasteiger partial charge in [0.15, 0.2) is 5.78 Å². The summed E-state index contributed by atoms with van der Waals surface area (Å²) in [6, 6.07) is 16.4. The summed E-state index contributed by atoms with van der Waals surface area (Å²) in [5.41, 5.74) is 3.53.